The lowest BCUT2D eigenvalue weighted by atomic mass is 10.2. The predicted molar refractivity (Wildman–Crippen MR) is 178 cm³/mol. The van der Waals surface area contributed by atoms with E-state index in [0.29, 0.717) is 0 Å². The van der Waals surface area contributed by atoms with Crippen molar-refractivity contribution in [3.8, 4) is 0 Å². The van der Waals surface area contributed by atoms with Crippen LogP contribution in [-0.2, 0) is 9.59 Å². The van der Waals surface area contributed by atoms with Crippen LogP contribution in [0.15, 0.2) is 11.8 Å². The number of hydrogen-bond donors (Lipinski definition) is 0. The Morgan fingerprint density at radius 1 is 0.513 bits per heavy atom. The maximum atomic E-state index is 14.5. The van der Waals surface area contributed by atoms with Gasteiger partial charge in [-0.15, -0.1) is 0 Å². The monoisotopic (exact) mass is 611 g/mol. The van der Waals surface area contributed by atoms with Crippen LogP contribution < -0.4 is 0 Å². The van der Waals surface area contributed by atoms with Gasteiger partial charge >= 0.3 is 6.03 Å². The standard InChI is InChI=1S/C29H61N3O3Si4/c1-26(2,3)36(13,14)30(37(15,16)27(4,5)6)21-22-23(33)31(38(17,18)28(7,8)9)25(35)32(24(22)34)39(19,20)29(10,11)12/h21H,1-20H3. The summed E-state index contributed by atoms with van der Waals surface area (Å²) in [6.07, 6.45) is 1.94. The minimum atomic E-state index is -2.67. The van der Waals surface area contributed by atoms with Crippen molar-refractivity contribution >= 4 is 50.8 Å². The van der Waals surface area contributed by atoms with E-state index in [-0.39, 0.29) is 25.7 Å². The van der Waals surface area contributed by atoms with Gasteiger partial charge in [-0.25, -0.2) is 4.79 Å². The van der Waals surface area contributed by atoms with Gasteiger partial charge in [0.05, 0.1) is 0 Å². The topological polar surface area (TPSA) is 60.9 Å². The minimum absolute atomic E-state index is 0.00556. The third-order valence-corrected chi connectivity index (χ3v) is 34.9. The van der Waals surface area contributed by atoms with Crippen molar-refractivity contribution in [2.75, 3.05) is 0 Å². The zero-order valence-corrected chi connectivity index (χ0v) is 33.1. The second kappa shape index (κ2) is 10.1. The lowest BCUT2D eigenvalue weighted by molar-refractivity contribution is -0.131. The minimum Gasteiger partial charge on any atom is -0.429 e. The maximum absolute atomic E-state index is 14.5. The molecule has 0 aromatic heterocycles. The molecule has 0 spiro atoms. The molecule has 10 heteroatoms. The summed E-state index contributed by atoms with van der Waals surface area (Å²) in [6, 6.07) is -0.411. The number of hydrogen-bond acceptors (Lipinski definition) is 4. The number of rotatable bonds is 5. The summed E-state index contributed by atoms with van der Waals surface area (Å²) in [7, 11) is -9.81. The molecule has 0 aromatic rings. The van der Waals surface area contributed by atoms with Crippen LogP contribution in [-0.4, -0.2) is 64.1 Å². The molecule has 1 heterocycles. The summed E-state index contributed by atoms with van der Waals surface area (Å²) in [5.41, 5.74) is 0.166. The van der Waals surface area contributed by atoms with Gasteiger partial charge in [-0.2, -0.15) is 0 Å². The van der Waals surface area contributed by atoms with Crippen molar-refractivity contribution in [3.05, 3.63) is 11.8 Å². The van der Waals surface area contributed by atoms with Gasteiger partial charge in [0.2, 0.25) is 0 Å². The molecule has 1 fully saturated rings. The van der Waals surface area contributed by atoms with Gasteiger partial charge in [0.25, 0.3) is 11.8 Å². The molecule has 0 atom stereocenters. The first-order valence-electron chi connectivity index (χ1n) is 14.4. The Labute approximate surface area is 245 Å². The summed E-state index contributed by atoms with van der Waals surface area (Å²) >= 11 is 0. The number of urea groups is 1. The highest BCUT2D eigenvalue weighted by Gasteiger charge is 2.59. The van der Waals surface area contributed by atoms with Crippen LogP contribution in [0.5, 0.6) is 0 Å². The first-order chi connectivity index (χ1) is 16.7. The maximum Gasteiger partial charge on any atom is 0.317 e. The smallest absolute Gasteiger partial charge is 0.317 e. The van der Waals surface area contributed by atoms with Gasteiger partial charge in [-0.3, -0.25) is 18.7 Å². The zero-order chi connectivity index (χ0) is 31.7. The van der Waals surface area contributed by atoms with Crippen LogP contribution in [0.2, 0.25) is 72.5 Å². The predicted octanol–water partition coefficient (Wildman–Crippen LogP) is 8.98. The SMILES string of the molecule is CC(C)(C)[Si](C)(C)N1C(=O)C(=CN([Si](C)(C)C(C)(C)C)[Si](C)(C)C(C)(C)C)C(=O)N([Si](C)(C)C(C)(C)C)C1=O. The van der Waals surface area contributed by atoms with Gasteiger partial charge in [-0.05, 0) is 20.2 Å². The second-order valence-corrected chi connectivity index (χ2v) is 38.5. The molecule has 39 heavy (non-hydrogen) atoms. The van der Waals surface area contributed by atoms with E-state index in [1.165, 1.54) is 9.13 Å². The van der Waals surface area contributed by atoms with E-state index in [1.807, 2.05) is 6.20 Å². The van der Waals surface area contributed by atoms with E-state index >= 15 is 0 Å². The van der Waals surface area contributed by atoms with E-state index < -0.39 is 50.8 Å². The van der Waals surface area contributed by atoms with E-state index in [4.69, 9.17) is 0 Å². The van der Waals surface area contributed by atoms with Gasteiger partial charge in [0.1, 0.15) is 22.0 Å². The number of barbiturate groups is 1. The van der Waals surface area contributed by atoms with E-state index in [1.54, 1.807) is 0 Å². The number of imide groups is 2. The highest BCUT2D eigenvalue weighted by molar-refractivity contribution is 6.93. The van der Waals surface area contributed by atoms with Crippen LogP contribution in [0.1, 0.15) is 83.1 Å². The zero-order valence-electron chi connectivity index (χ0n) is 29.1. The molecule has 1 aliphatic rings. The molecule has 1 rings (SSSR count). The molecule has 1 saturated heterocycles. The van der Waals surface area contributed by atoms with Crippen LogP contribution in [0.4, 0.5) is 4.79 Å². The number of carbonyl (C=O) groups is 3. The average Bonchev–Trinajstić information content (AvgIpc) is 2.63. The third kappa shape index (κ3) is 5.99. The van der Waals surface area contributed by atoms with Crippen molar-refractivity contribution in [3.63, 3.8) is 0 Å². The highest BCUT2D eigenvalue weighted by Crippen LogP contribution is 2.49. The quantitative estimate of drug-likeness (QED) is 0.177. The van der Waals surface area contributed by atoms with Crippen molar-refractivity contribution in [1.29, 1.82) is 0 Å². The van der Waals surface area contributed by atoms with Crippen LogP contribution in [0, 0.1) is 0 Å². The van der Waals surface area contributed by atoms with Gasteiger partial charge in [0.15, 0.2) is 16.5 Å². The molecule has 0 aromatic carbocycles. The Kier molecular flexibility index (Phi) is 9.32. The van der Waals surface area contributed by atoms with E-state index in [9.17, 15) is 14.4 Å². The Hall–Kier alpha value is -0.982. The number of nitrogens with zero attached hydrogens (tertiary/aromatic N) is 3. The number of carbonyl (C=O) groups excluding carboxylic acids is 3. The van der Waals surface area contributed by atoms with E-state index in [0.717, 1.165) is 0 Å². The molecule has 6 nitrogen and oxygen atoms in total. The van der Waals surface area contributed by atoms with Gasteiger partial charge < -0.3 is 4.23 Å². The molecule has 1 aliphatic heterocycles. The second-order valence-electron chi connectivity index (χ2n) is 17.7. The molecule has 0 radical (unpaired) electrons. The Bertz CT molecular complexity index is 958. The first kappa shape index (κ1) is 36.0. The summed E-state index contributed by atoms with van der Waals surface area (Å²) in [5.74, 6) is -0.817. The van der Waals surface area contributed by atoms with Gasteiger partial charge in [-0.1, -0.05) is 135 Å². The Morgan fingerprint density at radius 2 is 0.769 bits per heavy atom. The summed E-state index contributed by atoms with van der Waals surface area (Å²) in [5, 5.41) is -0.536. The van der Waals surface area contributed by atoms with Crippen molar-refractivity contribution in [2.24, 2.45) is 0 Å². The summed E-state index contributed by atoms with van der Waals surface area (Å²) in [6.45, 7) is 44.0. The first-order valence-corrected chi connectivity index (χ1v) is 26.2. The number of amides is 4. The van der Waals surface area contributed by atoms with Crippen LogP contribution >= 0.6 is 0 Å². The largest absolute Gasteiger partial charge is 0.429 e. The Balaban J connectivity index is 4.26. The molecule has 0 saturated carbocycles. The molecule has 0 bridgehead atoms. The fourth-order valence-electron chi connectivity index (χ4n) is 4.25. The molecular formula is C29H61N3O3Si4. The molecule has 4 amide bonds. The third-order valence-electron chi connectivity index (χ3n) is 11.2. The Morgan fingerprint density at radius 3 is 0.974 bits per heavy atom. The van der Waals surface area contributed by atoms with Crippen molar-refractivity contribution in [1.82, 2.24) is 13.4 Å². The molecule has 0 aliphatic carbocycles. The fourth-order valence-corrected chi connectivity index (χ4v) is 18.1. The van der Waals surface area contributed by atoms with Crippen molar-refractivity contribution in [2.45, 2.75) is 156 Å². The van der Waals surface area contributed by atoms with Gasteiger partial charge in [0, 0.05) is 6.20 Å². The molecule has 226 valence electrons. The molecule has 0 N–H and O–H groups in total. The summed E-state index contributed by atoms with van der Waals surface area (Å²) in [4.78, 5) is 43.3. The fraction of sp³-hybridized carbons (Fsp3) is 0.828. The highest BCUT2D eigenvalue weighted by atomic mass is 28.4. The van der Waals surface area contributed by atoms with Crippen LogP contribution in [0.25, 0.3) is 0 Å². The lowest BCUT2D eigenvalue weighted by Gasteiger charge is -2.57. The summed E-state index contributed by atoms with van der Waals surface area (Å²) < 4.78 is 5.58. The van der Waals surface area contributed by atoms with Crippen molar-refractivity contribution < 1.29 is 14.4 Å². The average molecular weight is 612 g/mol. The molecule has 0 unspecified atom stereocenters. The van der Waals surface area contributed by atoms with E-state index in [2.05, 4.69) is 140 Å². The van der Waals surface area contributed by atoms with Crippen LogP contribution in [0.3, 0.4) is 0 Å². The normalized spacial score (nSPS) is 17.7. The molecular weight excluding hydrogens is 551 g/mol. The lowest BCUT2D eigenvalue weighted by Crippen LogP contribution is -2.73.